The number of fused-ring (bicyclic) bond motifs is 3. The standard InChI is InChI=1S/C11H12N4S/c1-3-16-11-13-12-10-14(2)8-6-4-5-7-9(8)15(10)11/h4-7H,3H2,1-2H3. The van der Waals surface area contributed by atoms with Crippen molar-refractivity contribution in [2.75, 3.05) is 5.75 Å². The summed E-state index contributed by atoms with van der Waals surface area (Å²) < 4.78 is 4.19. The van der Waals surface area contributed by atoms with Crippen LogP contribution in [0.25, 0.3) is 16.8 Å². The number of hydrogen-bond acceptors (Lipinski definition) is 3. The Bertz CT molecular complexity index is 652. The van der Waals surface area contributed by atoms with Crippen molar-refractivity contribution in [2.24, 2.45) is 7.05 Å². The molecule has 5 heteroatoms. The molecular weight excluding hydrogens is 220 g/mol. The highest BCUT2D eigenvalue weighted by Gasteiger charge is 2.13. The largest absolute Gasteiger partial charge is 0.311 e. The van der Waals surface area contributed by atoms with Crippen molar-refractivity contribution < 1.29 is 0 Å². The van der Waals surface area contributed by atoms with E-state index in [0.717, 1.165) is 16.7 Å². The van der Waals surface area contributed by atoms with Gasteiger partial charge in [-0.05, 0) is 17.9 Å². The Morgan fingerprint density at radius 2 is 1.94 bits per heavy atom. The third kappa shape index (κ3) is 1.18. The minimum atomic E-state index is 0.900. The zero-order valence-corrected chi connectivity index (χ0v) is 10.0. The van der Waals surface area contributed by atoms with E-state index in [1.807, 2.05) is 19.2 Å². The summed E-state index contributed by atoms with van der Waals surface area (Å²) in [6.07, 6.45) is 0. The molecule has 0 fully saturated rings. The minimum Gasteiger partial charge on any atom is -0.311 e. The average molecular weight is 232 g/mol. The number of aryl methyl sites for hydroxylation is 1. The number of thioether (sulfide) groups is 1. The molecule has 0 unspecified atom stereocenters. The second-order valence-corrected chi connectivity index (χ2v) is 4.83. The molecular formula is C11H12N4S. The van der Waals surface area contributed by atoms with Crippen LogP contribution < -0.4 is 0 Å². The van der Waals surface area contributed by atoms with Crippen LogP contribution in [-0.2, 0) is 7.05 Å². The van der Waals surface area contributed by atoms with Crippen LogP contribution in [-0.4, -0.2) is 24.9 Å². The van der Waals surface area contributed by atoms with Crippen molar-refractivity contribution in [1.82, 2.24) is 19.2 Å². The van der Waals surface area contributed by atoms with E-state index in [0.29, 0.717) is 0 Å². The van der Waals surface area contributed by atoms with Crippen LogP contribution >= 0.6 is 11.8 Å². The molecule has 0 saturated carbocycles. The van der Waals surface area contributed by atoms with Gasteiger partial charge in [-0.1, -0.05) is 30.8 Å². The van der Waals surface area contributed by atoms with E-state index >= 15 is 0 Å². The fourth-order valence-corrected chi connectivity index (χ4v) is 2.62. The maximum atomic E-state index is 4.23. The third-order valence-corrected chi connectivity index (χ3v) is 3.48. The summed E-state index contributed by atoms with van der Waals surface area (Å²) in [5.74, 6) is 1.90. The zero-order chi connectivity index (χ0) is 11.1. The molecule has 1 aromatic carbocycles. The first-order chi connectivity index (χ1) is 7.83. The molecule has 0 saturated heterocycles. The van der Waals surface area contributed by atoms with Gasteiger partial charge in [-0.3, -0.25) is 4.40 Å². The smallest absolute Gasteiger partial charge is 0.236 e. The Morgan fingerprint density at radius 3 is 2.69 bits per heavy atom. The van der Waals surface area contributed by atoms with Gasteiger partial charge in [0.1, 0.15) is 0 Å². The van der Waals surface area contributed by atoms with Crippen LogP contribution in [0.5, 0.6) is 0 Å². The van der Waals surface area contributed by atoms with E-state index in [4.69, 9.17) is 0 Å². The molecule has 0 N–H and O–H groups in total. The van der Waals surface area contributed by atoms with Gasteiger partial charge in [0.05, 0.1) is 11.0 Å². The van der Waals surface area contributed by atoms with Gasteiger partial charge in [-0.25, -0.2) is 0 Å². The molecule has 3 rings (SSSR count). The molecule has 0 aliphatic heterocycles. The van der Waals surface area contributed by atoms with Crippen molar-refractivity contribution in [3.8, 4) is 0 Å². The number of aromatic nitrogens is 4. The van der Waals surface area contributed by atoms with Gasteiger partial charge in [-0.15, -0.1) is 10.2 Å². The van der Waals surface area contributed by atoms with Crippen molar-refractivity contribution in [3.63, 3.8) is 0 Å². The Balaban J connectivity index is 2.45. The molecule has 0 radical (unpaired) electrons. The van der Waals surface area contributed by atoms with Gasteiger partial charge in [0.25, 0.3) is 0 Å². The molecule has 2 aromatic heterocycles. The second-order valence-electron chi connectivity index (χ2n) is 3.60. The monoisotopic (exact) mass is 232 g/mol. The molecule has 2 heterocycles. The van der Waals surface area contributed by atoms with E-state index in [2.05, 4.69) is 38.2 Å². The molecule has 0 amide bonds. The summed E-state index contributed by atoms with van der Waals surface area (Å²) >= 11 is 1.72. The van der Waals surface area contributed by atoms with Crippen LogP contribution in [0, 0.1) is 0 Å². The molecule has 16 heavy (non-hydrogen) atoms. The van der Waals surface area contributed by atoms with E-state index in [1.54, 1.807) is 11.8 Å². The highest BCUT2D eigenvalue weighted by atomic mass is 32.2. The summed E-state index contributed by atoms with van der Waals surface area (Å²) in [7, 11) is 2.02. The van der Waals surface area contributed by atoms with Crippen LogP contribution in [0.4, 0.5) is 0 Å². The number of rotatable bonds is 2. The number of benzene rings is 1. The zero-order valence-electron chi connectivity index (χ0n) is 9.21. The maximum absolute atomic E-state index is 4.23. The molecule has 0 aliphatic carbocycles. The molecule has 0 atom stereocenters. The molecule has 0 aliphatic rings. The topological polar surface area (TPSA) is 35.1 Å². The summed E-state index contributed by atoms with van der Waals surface area (Å²) in [6.45, 7) is 2.12. The first kappa shape index (κ1) is 9.72. The quantitative estimate of drug-likeness (QED) is 0.636. The minimum absolute atomic E-state index is 0.900. The predicted octanol–water partition coefficient (Wildman–Crippen LogP) is 2.33. The lowest BCUT2D eigenvalue weighted by Gasteiger charge is -1.94. The lowest BCUT2D eigenvalue weighted by Crippen LogP contribution is -1.88. The summed E-state index contributed by atoms with van der Waals surface area (Å²) in [4.78, 5) is 0. The van der Waals surface area contributed by atoms with Gasteiger partial charge in [0.2, 0.25) is 5.78 Å². The number of nitrogens with zero attached hydrogens (tertiary/aromatic N) is 4. The van der Waals surface area contributed by atoms with E-state index < -0.39 is 0 Å². The average Bonchev–Trinajstić information content (AvgIpc) is 2.83. The number of imidazole rings is 1. The predicted molar refractivity (Wildman–Crippen MR) is 65.9 cm³/mol. The van der Waals surface area contributed by atoms with E-state index in [1.165, 1.54) is 11.0 Å². The van der Waals surface area contributed by atoms with Crippen molar-refractivity contribution >= 4 is 28.6 Å². The SMILES string of the molecule is CCSc1nnc2n(C)c3ccccc3n12. The molecule has 0 bridgehead atoms. The van der Waals surface area contributed by atoms with Crippen LogP contribution in [0.1, 0.15) is 6.92 Å². The number of hydrogen-bond donors (Lipinski definition) is 0. The lowest BCUT2D eigenvalue weighted by atomic mass is 10.3. The van der Waals surface area contributed by atoms with E-state index in [9.17, 15) is 0 Å². The fraction of sp³-hybridized carbons (Fsp3) is 0.273. The van der Waals surface area contributed by atoms with Gasteiger partial charge >= 0.3 is 0 Å². The molecule has 3 aromatic rings. The van der Waals surface area contributed by atoms with Gasteiger partial charge in [0.15, 0.2) is 5.16 Å². The van der Waals surface area contributed by atoms with Crippen LogP contribution in [0.3, 0.4) is 0 Å². The second kappa shape index (κ2) is 3.52. The Morgan fingerprint density at radius 1 is 1.19 bits per heavy atom. The van der Waals surface area contributed by atoms with Crippen molar-refractivity contribution in [3.05, 3.63) is 24.3 Å². The molecule has 4 nitrogen and oxygen atoms in total. The van der Waals surface area contributed by atoms with Crippen molar-refractivity contribution in [1.29, 1.82) is 0 Å². The summed E-state index contributed by atoms with van der Waals surface area (Å²) in [6, 6.07) is 8.29. The highest BCUT2D eigenvalue weighted by molar-refractivity contribution is 7.99. The first-order valence-electron chi connectivity index (χ1n) is 5.24. The van der Waals surface area contributed by atoms with Gasteiger partial charge in [-0.2, -0.15) is 0 Å². The van der Waals surface area contributed by atoms with Gasteiger partial charge in [0, 0.05) is 7.05 Å². The lowest BCUT2D eigenvalue weighted by molar-refractivity contribution is 0.937. The number of para-hydroxylation sites is 2. The third-order valence-electron chi connectivity index (χ3n) is 2.67. The summed E-state index contributed by atoms with van der Waals surface area (Å²) in [5.41, 5.74) is 2.35. The highest BCUT2D eigenvalue weighted by Crippen LogP contribution is 2.24. The molecule has 0 spiro atoms. The van der Waals surface area contributed by atoms with E-state index in [-0.39, 0.29) is 0 Å². The van der Waals surface area contributed by atoms with Crippen LogP contribution in [0.2, 0.25) is 0 Å². The Kier molecular flexibility index (Phi) is 2.14. The fourth-order valence-electron chi connectivity index (χ4n) is 1.96. The Hall–Kier alpha value is -1.49. The summed E-state index contributed by atoms with van der Waals surface area (Å²) in [5, 5.41) is 9.41. The molecule has 82 valence electrons. The van der Waals surface area contributed by atoms with Gasteiger partial charge < -0.3 is 4.57 Å². The first-order valence-corrected chi connectivity index (χ1v) is 6.23. The normalized spacial score (nSPS) is 11.6. The Labute approximate surface area is 97.3 Å². The van der Waals surface area contributed by atoms with Crippen molar-refractivity contribution in [2.45, 2.75) is 12.1 Å². The van der Waals surface area contributed by atoms with Crippen LogP contribution in [0.15, 0.2) is 29.4 Å². The maximum Gasteiger partial charge on any atom is 0.236 e.